The van der Waals surface area contributed by atoms with Gasteiger partial charge < -0.3 is 34.9 Å². The van der Waals surface area contributed by atoms with E-state index in [0.29, 0.717) is 0 Å². The smallest absolute Gasteiger partial charge is 0.408 e. The van der Waals surface area contributed by atoms with Crippen LogP contribution in [-0.4, -0.2) is 67.7 Å². The van der Waals surface area contributed by atoms with Gasteiger partial charge in [0.1, 0.15) is 30.5 Å². The maximum absolute atomic E-state index is 12.6. The standard InChI is InChI=1S/C22H31N3O7/c1-14(25-20(28)29-11-15-8-6-5-7-9-15)19(27)24-13-22(10-17(26)23-4)18-16(12-30-22)31-21(2,3)32-18/h5-9,14,16,18H,10-13H2,1-4H3,(H,23,26)(H,24,27)(H,25,28)/t14-,16+,18+,22-/m0/s1. The third-order valence-corrected chi connectivity index (χ3v) is 5.48. The number of alkyl carbamates (subject to hydrolysis) is 1. The molecule has 0 bridgehead atoms. The largest absolute Gasteiger partial charge is 0.445 e. The molecule has 1 aromatic carbocycles. The van der Waals surface area contributed by atoms with Crippen molar-refractivity contribution in [3.63, 3.8) is 0 Å². The number of nitrogens with one attached hydrogen (secondary N) is 3. The molecule has 10 nitrogen and oxygen atoms in total. The molecule has 2 saturated heterocycles. The van der Waals surface area contributed by atoms with Crippen LogP contribution in [0.5, 0.6) is 0 Å². The summed E-state index contributed by atoms with van der Waals surface area (Å²) >= 11 is 0. The Kier molecular flexibility index (Phi) is 7.37. The van der Waals surface area contributed by atoms with E-state index in [-0.39, 0.29) is 38.2 Å². The summed E-state index contributed by atoms with van der Waals surface area (Å²) in [5.74, 6) is -1.50. The third kappa shape index (κ3) is 5.76. The molecule has 2 heterocycles. The van der Waals surface area contributed by atoms with Crippen LogP contribution in [0.25, 0.3) is 0 Å². The summed E-state index contributed by atoms with van der Waals surface area (Å²) < 4.78 is 22.9. The summed E-state index contributed by atoms with van der Waals surface area (Å²) in [5.41, 5.74) is -0.243. The fourth-order valence-electron chi connectivity index (χ4n) is 3.86. The molecule has 4 atom stereocenters. The summed E-state index contributed by atoms with van der Waals surface area (Å²) in [7, 11) is 1.53. The molecule has 32 heavy (non-hydrogen) atoms. The van der Waals surface area contributed by atoms with Gasteiger partial charge in [0.2, 0.25) is 11.8 Å². The first-order chi connectivity index (χ1) is 15.1. The number of amides is 3. The van der Waals surface area contributed by atoms with Crippen LogP contribution in [0.1, 0.15) is 32.8 Å². The minimum absolute atomic E-state index is 0.00862. The van der Waals surface area contributed by atoms with Gasteiger partial charge in [-0.15, -0.1) is 0 Å². The molecule has 176 valence electrons. The van der Waals surface area contributed by atoms with Crippen molar-refractivity contribution in [3.05, 3.63) is 35.9 Å². The SMILES string of the molecule is CNC(=O)C[C@@]1(CNC(=O)[C@H](C)NC(=O)OCc2ccccc2)OC[C@H]2OC(C)(C)O[C@H]21. The average Bonchev–Trinajstić information content (AvgIpc) is 3.24. The lowest BCUT2D eigenvalue weighted by Gasteiger charge is -2.34. The van der Waals surface area contributed by atoms with E-state index in [0.717, 1.165) is 5.56 Å². The molecule has 0 aromatic heterocycles. The van der Waals surface area contributed by atoms with Crippen LogP contribution in [-0.2, 0) is 35.1 Å². The quantitative estimate of drug-likeness (QED) is 0.537. The van der Waals surface area contributed by atoms with E-state index >= 15 is 0 Å². The first-order valence-electron chi connectivity index (χ1n) is 10.6. The van der Waals surface area contributed by atoms with Crippen molar-refractivity contribution in [2.45, 2.75) is 63.4 Å². The van der Waals surface area contributed by atoms with Gasteiger partial charge in [-0.2, -0.15) is 0 Å². The first-order valence-corrected chi connectivity index (χ1v) is 10.6. The highest BCUT2D eigenvalue weighted by Crippen LogP contribution is 2.42. The fraction of sp³-hybridized carbons (Fsp3) is 0.591. The minimum atomic E-state index is -1.08. The number of carbonyl (C=O) groups is 3. The van der Waals surface area contributed by atoms with E-state index < -0.39 is 35.5 Å². The van der Waals surface area contributed by atoms with Crippen LogP contribution < -0.4 is 16.0 Å². The topological polar surface area (TPSA) is 124 Å². The monoisotopic (exact) mass is 449 g/mol. The number of carbonyl (C=O) groups excluding carboxylic acids is 3. The highest BCUT2D eigenvalue weighted by Gasteiger charge is 2.59. The summed E-state index contributed by atoms with van der Waals surface area (Å²) in [6.45, 7) is 5.50. The van der Waals surface area contributed by atoms with Crippen molar-refractivity contribution >= 4 is 17.9 Å². The maximum atomic E-state index is 12.6. The summed E-state index contributed by atoms with van der Waals surface area (Å²) in [6, 6.07) is 8.37. The normalized spacial score (nSPS) is 26.6. The molecule has 3 N–H and O–H groups in total. The summed E-state index contributed by atoms with van der Waals surface area (Å²) in [6.07, 6.45) is -1.57. The number of hydrogen-bond donors (Lipinski definition) is 3. The second-order valence-corrected chi connectivity index (χ2v) is 8.47. The Bertz CT molecular complexity index is 832. The molecule has 10 heteroatoms. The maximum Gasteiger partial charge on any atom is 0.408 e. The van der Waals surface area contributed by atoms with Crippen molar-refractivity contribution in [1.29, 1.82) is 0 Å². The van der Waals surface area contributed by atoms with E-state index in [1.54, 1.807) is 20.8 Å². The van der Waals surface area contributed by atoms with Crippen LogP contribution >= 0.6 is 0 Å². The molecule has 0 saturated carbocycles. The molecule has 3 amide bonds. The molecule has 3 rings (SSSR count). The van der Waals surface area contributed by atoms with Crippen LogP contribution in [0.2, 0.25) is 0 Å². The third-order valence-electron chi connectivity index (χ3n) is 5.48. The molecular formula is C22H31N3O7. The van der Waals surface area contributed by atoms with Crippen molar-refractivity contribution in [3.8, 4) is 0 Å². The van der Waals surface area contributed by atoms with Crippen LogP contribution in [0.4, 0.5) is 4.79 Å². The highest BCUT2D eigenvalue weighted by molar-refractivity contribution is 5.85. The molecule has 0 unspecified atom stereocenters. The number of hydrogen-bond acceptors (Lipinski definition) is 7. The van der Waals surface area contributed by atoms with Crippen molar-refractivity contribution in [2.24, 2.45) is 0 Å². The second-order valence-electron chi connectivity index (χ2n) is 8.47. The molecule has 1 aromatic rings. The van der Waals surface area contributed by atoms with Gasteiger partial charge >= 0.3 is 6.09 Å². The van der Waals surface area contributed by atoms with E-state index in [1.165, 1.54) is 7.05 Å². The molecule has 0 aliphatic carbocycles. The lowest BCUT2D eigenvalue weighted by Crippen LogP contribution is -2.56. The van der Waals surface area contributed by atoms with Gasteiger partial charge in [0, 0.05) is 13.6 Å². The predicted molar refractivity (Wildman–Crippen MR) is 113 cm³/mol. The molecular weight excluding hydrogens is 418 g/mol. The lowest BCUT2D eigenvalue weighted by atomic mass is 9.91. The summed E-state index contributed by atoms with van der Waals surface area (Å²) in [5, 5.41) is 7.84. The van der Waals surface area contributed by atoms with Crippen molar-refractivity contribution in [1.82, 2.24) is 16.0 Å². The Balaban J connectivity index is 1.55. The molecule has 2 fully saturated rings. The Morgan fingerprint density at radius 3 is 2.59 bits per heavy atom. The zero-order valence-corrected chi connectivity index (χ0v) is 18.8. The average molecular weight is 450 g/mol. The van der Waals surface area contributed by atoms with Gasteiger partial charge in [-0.1, -0.05) is 30.3 Å². The van der Waals surface area contributed by atoms with E-state index in [2.05, 4.69) is 16.0 Å². The predicted octanol–water partition coefficient (Wildman–Crippen LogP) is 0.843. The highest BCUT2D eigenvalue weighted by atomic mass is 16.8. The van der Waals surface area contributed by atoms with Crippen molar-refractivity contribution < 1.29 is 33.3 Å². The van der Waals surface area contributed by atoms with E-state index in [9.17, 15) is 14.4 Å². The summed E-state index contributed by atoms with van der Waals surface area (Å²) in [4.78, 5) is 36.8. The minimum Gasteiger partial charge on any atom is -0.445 e. The van der Waals surface area contributed by atoms with Crippen LogP contribution in [0, 0.1) is 0 Å². The molecule has 2 aliphatic heterocycles. The first kappa shape index (κ1) is 24.0. The number of benzene rings is 1. The van der Waals surface area contributed by atoms with Gasteiger partial charge in [0.15, 0.2) is 5.79 Å². The Morgan fingerprint density at radius 1 is 1.19 bits per heavy atom. The van der Waals surface area contributed by atoms with Crippen LogP contribution in [0.3, 0.4) is 0 Å². The number of fused-ring (bicyclic) bond motifs is 1. The lowest BCUT2D eigenvalue weighted by molar-refractivity contribution is -0.196. The van der Waals surface area contributed by atoms with Gasteiger partial charge in [-0.05, 0) is 26.3 Å². The zero-order valence-electron chi connectivity index (χ0n) is 18.8. The number of ether oxygens (including phenoxy) is 4. The second kappa shape index (κ2) is 9.85. The van der Waals surface area contributed by atoms with Crippen LogP contribution in [0.15, 0.2) is 30.3 Å². The Hall–Kier alpha value is -2.69. The van der Waals surface area contributed by atoms with Gasteiger partial charge in [0.25, 0.3) is 0 Å². The van der Waals surface area contributed by atoms with Gasteiger partial charge in [0.05, 0.1) is 13.0 Å². The number of rotatable bonds is 8. The van der Waals surface area contributed by atoms with Gasteiger partial charge in [-0.25, -0.2) is 4.79 Å². The van der Waals surface area contributed by atoms with Gasteiger partial charge in [-0.3, -0.25) is 9.59 Å². The molecule has 2 aliphatic rings. The van der Waals surface area contributed by atoms with Crippen molar-refractivity contribution in [2.75, 3.05) is 20.2 Å². The van der Waals surface area contributed by atoms with E-state index in [4.69, 9.17) is 18.9 Å². The molecule has 0 radical (unpaired) electrons. The Morgan fingerprint density at radius 2 is 1.91 bits per heavy atom. The zero-order chi connectivity index (χ0) is 23.4. The Labute approximate surface area is 187 Å². The fourth-order valence-corrected chi connectivity index (χ4v) is 3.86. The molecule has 0 spiro atoms. The van der Waals surface area contributed by atoms with E-state index in [1.807, 2.05) is 30.3 Å².